The number of benzene rings is 2. The van der Waals surface area contributed by atoms with Gasteiger partial charge in [0.05, 0.1) is 4.90 Å². The number of rotatable bonds is 7. The summed E-state index contributed by atoms with van der Waals surface area (Å²) in [5, 5.41) is 7.78. The lowest BCUT2D eigenvalue weighted by molar-refractivity contribution is -0.129. The van der Waals surface area contributed by atoms with Gasteiger partial charge in [0, 0.05) is 18.0 Å². The van der Waals surface area contributed by atoms with Crippen LogP contribution in [0.1, 0.15) is 48.2 Å². The molecule has 9 heteroatoms. The average molecular weight is 447 g/mol. The minimum Gasteiger partial charge on any atom is -0.489 e. The van der Waals surface area contributed by atoms with Crippen LogP contribution in [0.4, 0.5) is 0 Å². The summed E-state index contributed by atoms with van der Waals surface area (Å²) >= 11 is 0. The number of primary sulfonamides is 1. The Bertz CT molecular complexity index is 1080. The summed E-state index contributed by atoms with van der Waals surface area (Å²) < 4.78 is 33.7. The first kappa shape index (κ1) is 22.8. The molecule has 8 nitrogen and oxygen atoms in total. The molecule has 0 spiro atoms. The summed E-state index contributed by atoms with van der Waals surface area (Å²) in [6.45, 7) is 5.78. The van der Waals surface area contributed by atoms with E-state index in [-0.39, 0.29) is 16.9 Å². The SMILES string of the molecule is CC(OC(=O)c1cccc2c1OC(C)C2C)C(=O)NCCc1ccc(S(N)(=O)=O)cc1. The van der Waals surface area contributed by atoms with Crippen molar-refractivity contribution in [3.05, 3.63) is 59.2 Å². The van der Waals surface area contributed by atoms with E-state index in [0.29, 0.717) is 24.3 Å². The van der Waals surface area contributed by atoms with Gasteiger partial charge in [-0.2, -0.15) is 0 Å². The topological polar surface area (TPSA) is 125 Å². The van der Waals surface area contributed by atoms with E-state index in [2.05, 4.69) is 5.32 Å². The Morgan fingerprint density at radius 3 is 2.48 bits per heavy atom. The van der Waals surface area contributed by atoms with Crippen LogP contribution < -0.4 is 15.2 Å². The van der Waals surface area contributed by atoms with Crippen LogP contribution in [0.3, 0.4) is 0 Å². The third-order valence-electron chi connectivity index (χ3n) is 5.38. The standard InChI is InChI=1S/C22H26N2O6S/c1-13-14(2)29-20-18(13)5-4-6-19(20)22(26)30-15(3)21(25)24-12-11-16-7-9-17(10-8-16)31(23,27)28/h4-10,13-15H,11-12H2,1-3H3,(H,24,25)(H2,23,27,28). The van der Waals surface area contributed by atoms with Gasteiger partial charge in [-0.1, -0.05) is 31.2 Å². The lowest BCUT2D eigenvalue weighted by Crippen LogP contribution is -2.37. The monoisotopic (exact) mass is 446 g/mol. The van der Waals surface area contributed by atoms with Crippen molar-refractivity contribution >= 4 is 21.9 Å². The molecule has 3 unspecified atom stereocenters. The molecule has 0 aliphatic carbocycles. The number of hydrogen-bond acceptors (Lipinski definition) is 6. The van der Waals surface area contributed by atoms with Crippen molar-refractivity contribution in [2.45, 2.75) is 50.2 Å². The van der Waals surface area contributed by atoms with Gasteiger partial charge in [0.25, 0.3) is 5.91 Å². The van der Waals surface area contributed by atoms with Crippen LogP contribution in [0, 0.1) is 0 Å². The Morgan fingerprint density at radius 2 is 1.84 bits per heavy atom. The van der Waals surface area contributed by atoms with E-state index in [1.807, 2.05) is 19.9 Å². The van der Waals surface area contributed by atoms with Crippen LogP contribution in [0.15, 0.2) is 47.4 Å². The zero-order valence-electron chi connectivity index (χ0n) is 17.6. The number of para-hydroxylation sites is 1. The molecule has 1 aliphatic heterocycles. The van der Waals surface area contributed by atoms with Crippen LogP contribution in [-0.2, 0) is 26.0 Å². The Morgan fingerprint density at radius 1 is 1.16 bits per heavy atom. The number of sulfonamides is 1. The summed E-state index contributed by atoms with van der Waals surface area (Å²) in [6.07, 6.45) is -0.541. The summed E-state index contributed by atoms with van der Waals surface area (Å²) in [5.74, 6) is -0.352. The Balaban J connectivity index is 1.53. The van der Waals surface area contributed by atoms with Gasteiger partial charge >= 0.3 is 5.97 Å². The van der Waals surface area contributed by atoms with Crippen molar-refractivity contribution in [2.75, 3.05) is 6.54 Å². The molecule has 0 radical (unpaired) electrons. The maximum atomic E-state index is 12.6. The van der Waals surface area contributed by atoms with Gasteiger partial charge in [0.2, 0.25) is 10.0 Å². The number of nitrogens with two attached hydrogens (primary N) is 1. The van der Waals surface area contributed by atoms with Crippen LogP contribution in [0.2, 0.25) is 0 Å². The molecule has 1 aliphatic rings. The van der Waals surface area contributed by atoms with Gasteiger partial charge in [0.15, 0.2) is 6.10 Å². The van der Waals surface area contributed by atoms with E-state index in [0.717, 1.165) is 11.1 Å². The lowest BCUT2D eigenvalue weighted by atomic mass is 9.97. The number of ether oxygens (including phenoxy) is 2. The second-order valence-corrected chi connectivity index (χ2v) is 9.17. The molecule has 166 valence electrons. The number of carbonyl (C=O) groups is 2. The third-order valence-corrected chi connectivity index (χ3v) is 6.31. The van der Waals surface area contributed by atoms with Gasteiger partial charge in [-0.3, -0.25) is 4.79 Å². The number of hydrogen-bond donors (Lipinski definition) is 2. The fourth-order valence-electron chi connectivity index (χ4n) is 3.34. The van der Waals surface area contributed by atoms with Gasteiger partial charge in [0.1, 0.15) is 17.4 Å². The second-order valence-electron chi connectivity index (χ2n) is 7.61. The molecular formula is C22H26N2O6S. The first-order valence-corrected chi connectivity index (χ1v) is 11.5. The van der Waals surface area contributed by atoms with E-state index in [1.165, 1.54) is 19.1 Å². The summed E-state index contributed by atoms with van der Waals surface area (Å²) in [4.78, 5) is 24.9. The Hall–Kier alpha value is -2.91. The largest absolute Gasteiger partial charge is 0.489 e. The van der Waals surface area contributed by atoms with Crippen LogP contribution in [0.25, 0.3) is 0 Å². The van der Waals surface area contributed by atoms with E-state index >= 15 is 0 Å². The van der Waals surface area contributed by atoms with E-state index < -0.39 is 28.0 Å². The molecule has 1 amide bonds. The quantitative estimate of drug-likeness (QED) is 0.628. The van der Waals surface area contributed by atoms with Crippen molar-refractivity contribution in [3.8, 4) is 5.75 Å². The number of esters is 1. The fraction of sp³-hybridized carbons (Fsp3) is 0.364. The highest BCUT2D eigenvalue weighted by Crippen LogP contribution is 2.40. The third kappa shape index (κ3) is 5.23. The fourth-order valence-corrected chi connectivity index (χ4v) is 3.86. The number of amides is 1. The van der Waals surface area contributed by atoms with Crippen molar-refractivity contribution in [2.24, 2.45) is 5.14 Å². The molecule has 1 heterocycles. The van der Waals surface area contributed by atoms with Crippen LogP contribution >= 0.6 is 0 Å². The molecule has 2 aromatic rings. The maximum Gasteiger partial charge on any atom is 0.342 e. The number of carbonyl (C=O) groups excluding carboxylic acids is 2. The van der Waals surface area contributed by atoms with E-state index in [4.69, 9.17) is 14.6 Å². The van der Waals surface area contributed by atoms with Gasteiger partial charge in [-0.05, 0) is 44.0 Å². The molecule has 3 atom stereocenters. The molecule has 3 N–H and O–H groups in total. The molecule has 3 rings (SSSR count). The molecule has 0 saturated heterocycles. The minimum atomic E-state index is -3.74. The zero-order valence-corrected chi connectivity index (χ0v) is 18.4. The smallest absolute Gasteiger partial charge is 0.342 e. The summed E-state index contributed by atoms with van der Waals surface area (Å²) in [5.41, 5.74) is 2.09. The Labute approximate surface area is 181 Å². The van der Waals surface area contributed by atoms with Crippen molar-refractivity contribution in [1.82, 2.24) is 5.32 Å². The highest BCUT2D eigenvalue weighted by molar-refractivity contribution is 7.89. The van der Waals surface area contributed by atoms with Crippen LogP contribution in [0.5, 0.6) is 5.75 Å². The normalized spacial score (nSPS) is 18.6. The number of nitrogens with one attached hydrogen (secondary N) is 1. The molecular weight excluding hydrogens is 420 g/mol. The molecule has 0 saturated carbocycles. The molecule has 0 bridgehead atoms. The van der Waals surface area contributed by atoms with Crippen LogP contribution in [-0.4, -0.2) is 39.0 Å². The van der Waals surface area contributed by atoms with Crippen molar-refractivity contribution < 1.29 is 27.5 Å². The Kier molecular flexibility index (Phi) is 6.66. The second kappa shape index (κ2) is 9.07. The molecule has 0 fully saturated rings. The van der Waals surface area contributed by atoms with Gasteiger partial charge in [-0.25, -0.2) is 18.4 Å². The first-order valence-electron chi connectivity index (χ1n) is 9.98. The van der Waals surface area contributed by atoms with Crippen molar-refractivity contribution in [3.63, 3.8) is 0 Å². The summed E-state index contributed by atoms with van der Waals surface area (Å²) in [6, 6.07) is 11.4. The predicted octanol–water partition coefficient (Wildman–Crippen LogP) is 2.12. The van der Waals surface area contributed by atoms with Crippen molar-refractivity contribution in [1.29, 1.82) is 0 Å². The lowest BCUT2D eigenvalue weighted by Gasteiger charge is -2.15. The van der Waals surface area contributed by atoms with E-state index in [1.54, 1.807) is 24.3 Å². The molecule has 2 aromatic carbocycles. The highest BCUT2D eigenvalue weighted by atomic mass is 32.2. The van der Waals surface area contributed by atoms with Gasteiger partial charge in [-0.15, -0.1) is 0 Å². The minimum absolute atomic E-state index is 0.0287. The zero-order chi connectivity index (χ0) is 22.8. The predicted molar refractivity (Wildman–Crippen MR) is 114 cm³/mol. The molecule has 31 heavy (non-hydrogen) atoms. The first-order chi connectivity index (χ1) is 14.6. The molecule has 0 aromatic heterocycles. The summed E-state index contributed by atoms with van der Waals surface area (Å²) in [7, 11) is -3.74. The maximum absolute atomic E-state index is 12.6. The average Bonchev–Trinajstić information content (AvgIpc) is 3.01. The van der Waals surface area contributed by atoms with E-state index in [9.17, 15) is 18.0 Å². The highest BCUT2D eigenvalue weighted by Gasteiger charge is 2.32. The number of fused-ring (bicyclic) bond motifs is 1. The van der Waals surface area contributed by atoms with Gasteiger partial charge < -0.3 is 14.8 Å².